The number of amides is 1. The highest BCUT2D eigenvalue weighted by atomic mass is 19.4. The van der Waals surface area contributed by atoms with E-state index in [4.69, 9.17) is 0 Å². The number of para-hydroxylation sites is 1. The topological polar surface area (TPSA) is 56.9 Å². The molecule has 1 aliphatic heterocycles. The molecule has 0 saturated carbocycles. The zero-order valence-corrected chi connectivity index (χ0v) is 17.0. The highest BCUT2D eigenvalue weighted by Gasteiger charge is 2.47. The van der Waals surface area contributed by atoms with Crippen molar-refractivity contribution in [1.82, 2.24) is 10.3 Å². The van der Waals surface area contributed by atoms with Crippen LogP contribution in [0, 0.1) is 0 Å². The van der Waals surface area contributed by atoms with E-state index in [0.29, 0.717) is 17.8 Å². The molecule has 0 unspecified atom stereocenters. The van der Waals surface area contributed by atoms with Crippen molar-refractivity contribution in [2.24, 2.45) is 0 Å². The van der Waals surface area contributed by atoms with E-state index in [2.05, 4.69) is 15.6 Å². The largest absolute Gasteiger partial charge is 0.416 e. The molecule has 1 amide bonds. The fourth-order valence-electron chi connectivity index (χ4n) is 4.50. The molecule has 32 heavy (non-hydrogen) atoms. The minimum Gasteiger partial charge on any atom is -0.356 e. The maximum absolute atomic E-state index is 13.8. The summed E-state index contributed by atoms with van der Waals surface area (Å²) in [5.41, 5.74) is 1.35. The van der Waals surface area contributed by atoms with Crippen LogP contribution in [0.1, 0.15) is 22.4 Å². The molecule has 5 rings (SSSR count). The van der Waals surface area contributed by atoms with Crippen molar-refractivity contribution in [2.75, 3.05) is 11.9 Å². The minimum atomic E-state index is -4.49. The molecular formula is C25H20F3N3O. The molecule has 2 heterocycles. The number of halogens is 3. The van der Waals surface area contributed by atoms with E-state index in [-0.39, 0.29) is 5.69 Å². The zero-order chi connectivity index (χ0) is 22.3. The number of alkyl halides is 3. The Labute approximate surface area is 182 Å². The maximum Gasteiger partial charge on any atom is 0.416 e. The molecule has 4 aromatic rings. The number of carbonyl (C=O) groups is 1. The van der Waals surface area contributed by atoms with Gasteiger partial charge in [0.15, 0.2) is 5.54 Å². The lowest BCUT2D eigenvalue weighted by Crippen LogP contribution is -2.56. The van der Waals surface area contributed by atoms with Gasteiger partial charge in [0.1, 0.15) is 0 Å². The van der Waals surface area contributed by atoms with E-state index in [0.717, 1.165) is 35.0 Å². The summed E-state index contributed by atoms with van der Waals surface area (Å²) in [6, 6.07) is 21.7. The Hall–Kier alpha value is -3.58. The smallest absolute Gasteiger partial charge is 0.356 e. The van der Waals surface area contributed by atoms with Crippen LogP contribution in [0.3, 0.4) is 0 Å². The summed E-state index contributed by atoms with van der Waals surface area (Å²) >= 11 is 0. The maximum atomic E-state index is 13.8. The van der Waals surface area contributed by atoms with Crippen molar-refractivity contribution < 1.29 is 18.0 Å². The van der Waals surface area contributed by atoms with Crippen LogP contribution in [-0.4, -0.2) is 17.4 Å². The standard InChI is InChI=1S/C25H20F3N3O/c26-25(27,28)17-9-6-10-18(15-17)30-23(32)24(16-7-2-1-3-8-16)22-20(13-14-29-24)19-11-4-5-12-21(19)31-22/h1-12,15,29,31H,13-14H2,(H,30,32)/t24-/m0/s1. The van der Waals surface area contributed by atoms with Crippen molar-refractivity contribution in [3.63, 3.8) is 0 Å². The Morgan fingerprint density at radius 2 is 1.69 bits per heavy atom. The second-order valence-corrected chi connectivity index (χ2v) is 7.85. The summed E-state index contributed by atoms with van der Waals surface area (Å²) in [4.78, 5) is 17.2. The van der Waals surface area contributed by atoms with Gasteiger partial charge in [-0.15, -0.1) is 0 Å². The first-order valence-corrected chi connectivity index (χ1v) is 10.3. The average Bonchev–Trinajstić information content (AvgIpc) is 3.18. The third-order valence-corrected chi connectivity index (χ3v) is 5.95. The van der Waals surface area contributed by atoms with E-state index in [1.165, 1.54) is 12.1 Å². The Balaban J connectivity index is 1.65. The van der Waals surface area contributed by atoms with Crippen LogP contribution in [0.5, 0.6) is 0 Å². The van der Waals surface area contributed by atoms with Crippen LogP contribution in [-0.2, 0) is 22.9 Å². The third-order valence-electron chi connectivity index (χ3n) is 5.95. The molecule has 162 valence electrons. The molecule has 4 nitrogen and oxygen atoms in total. The third kappa shape index (κ3) is 3.26. The quantitative estimate of drug-likeness (QED) is 0.414. The first-order chi connectivity index (χ1) is 15.4. The molecule has 3 N–H and O–H groups in total. The van der Waals surface area contributed by atoms with E-state index < -0.39 is 23.2 Å². The van der Waals surface area contributed by atoms with Gasteiger partial charge in [0, 0.05) is 23.1 Å². The fraction of sp³-hybridized carbons (Fsp3) is 0.160. The Morgan fingerprint density at radius 3 is 2.47 bits per heavy atom. The van der Waals surface area contributed by atoms with Crippen molar-refractivity contribution in [3.05, 3.63) is 101 Å². The number of benzene rings is 3. The summed E-state index contributed by atoms with van der Waals surface area (Å²) in [7, 11) is 0. The van der Waals surface area contributed by atoms with Gasteiger partial charge in [-0.3, -0.25) is 10.1 Å². The summed E-state index contributed by atoms with van der Waals surface area (Å²) < 4.78 is 39.6. The number of anilines is 1. The first kappa shape index (κ1) is 20.3. The van der Waals surface area contributed by atoms with Crippen LogP contribution in [0.4, 0.5) is 18.9 Å². The molecule has 7 heteroatoms. The Morgan fingerprint density at radius 1 is 0.938 bits per heavy atom. The van der Waals surface area contributed by atoms with E-state index in [9.17, 15) is 18.0 Å². The van der Waals surface area contributed by atoms with Gasteiger partial charge < -0.3 is 10.3 Å². The molecule has 0 bridgehead atoms. The van der Waals surface area contributed by atoms with Crippen molar-refractivity contribution in [2.45, 2.75) is 18.1 Å². The molecule has 0 spiro atoms. The highest BCUT2D eigenvalue weighted by Crippen LogP contribution is 2.39. The average molecular weight is 435 g/mol. The molecule has 0 fully saturated rings. The molecule has 1 aliphatic rings. The summed E-state index contributed by atoms with van der Waals surface area (Å²) in [5.74, 6) is -0.449. The number of aromatic nitrogens is 1. The Kier molecular flexibility index (Phi) is 4.78. The van der Waals surface area contributed by atoms with Crippen LogP contribution in [0.15, 0.2) is 78.9 Å². The molecule has 1 atom stereocenters. The van der Waals surface area contributed by atoms with Gasteiger partial charge in [0.2, 0.25) is 0 Å². The van der Waals surface area contributed by atoms with E-state index >= 15 is 0 Å². The number of hydrogen-bond acceptors (Lipinski definition) is 2. The second kappa shape index (κ2) is 7.53. The molecular weight excluding hydrogens is 415 g/mol. The van der Waals surface area contributed by atoms with Crippen LogP contribution in [0.25, 0.3) is 10.9 Å². The van der Waals surface area contributed by atoms with Crippen LogP contribution in [0.2, 0.25) is 0 Å². The Bertz CT molecular complexity index is 1300. The molecule has 0 aliphatic carbocycles. The lowest BCUT2D eigenvalue weighted by molar-refractivity contribution is -0.137. The first-order valence-electron chi connectivity index (χ1n) is 10.3. The predicted octanol–water partition coefficient (Wildman–Crippen LogP) is 5.21. The highest BCUT2D eigenvalue weighted by molar-refractivity contribution is 6.03. The van der Waals surface area contributed by atoms with Gasteiger partial charge in [-0.05, 0) is 41.8 Å². The number of hydrogen-bond donors (Lipinski definition) is 3. The molecule has 3 aromatic carbocycles. The summed E-state index contributed by atoms with van der Waals surface area (Å²) in [5, 5.41) is 7.13. The van der Waals surface area contributed by atoms with Crippen LogP contribution >= 0.6 is 0 Å². The number of carbonyl (C=O) groups excluding carboxylic acids is 1. The van der Waals surface area contributed by atoms with Gasteiger partial charge >= 0.3 is 6.18 Å². The predicted molar refractivity (Wildman–Crippen MR) is 117 cm³/mol. The zero-order valence-electron chi connectivity index (χ0n) is 17.0. The number of fused-ring (bicyclic) bond motifs is 3. The molecule has 0 radical (unpaired) electrons. The van der Waals surface area contributed by atoms with E-state index in [1.807, 2.05) is 54.6 Å². The minimum absolute atomic E-state index is 0.0881. The second-order valence-electron chi connectivity index (χ2n) is 7.85. The number of H-pyrrole nitrogens is 1. The number of nitrogens with one attached hydrogen (secondary N) is 3. The lowest BCUT2D eigenvalue weighted by atomic mass is 9.80. The van der Waals surface area contributed by atoms with Gasteiger partial charge in [0.05, 0.1) is 11.3 Å². The van der Waals surface area contributed by atoms with Gasteiger partial charge in [-0.1, -0.05) is 54.6 Å². The van der Waals surface area contributed by atoms with Gasteiger partial charge in [-0.2, -0.15) is 13.2 Å². The normalized spacial score (nSPS) is 18.3. The van der Waals surface area contributed by atoms with Crippen LogP contribution < -0.4 is 10.6 Å². The summed E-state index contributed by atoms with van der Waals surface area (Å²) in [6.07, 6.45) is -3.77. The monoisotopic (exact) mass is 435 g/mol. The molecule has 0 saturated heterocycles. The van der Waals surface area contributed by atoms with Gasteiger partial charge in [0.25, 0.3) is 5.91 Å². The SMILES string of the molecule is O=C(Nc1cccc(C(F)(F)F)c1)[C@@]1(c2ccccc2)NCCc2c1[nH]c1ccccc21. The fourth-order valence-corrected chi connectivity index (χ4v) is 4.50. The molecule has 1 aromatic heterocycles. The lowest BCUT2D eigenvalue weighted by Gasteiger charge is -2.37. The van der Waals surface area contributed by atoms with Crippen molar-refractivity contribution >= 4 is 22.5 Å². The van der Waals surface area contributed by atoms with Crippen molar-refractivity contribution in [1.29, 1.82) is 0 Å². The number of rotatable bonds is 3. The van der Waals surface area contributed by atoms with Crippen molar-refractivity contribution in [3.8, 4) is 0 Å². The number of aromatic amines is 1. The van der Waals surface area contributed by atoms with Gasteiger partial charge in [-0.25, -0.2) is 0 Å². The summed E-state index contributed by atoms with van der Waals surface area (Å²) in [6.45, 7) is 0.541. The van der Waals surface area contributed by atoms with E-state index in [1.54, 1.807) is 0 Å².